The number of aromatic nitrogens is 2. The molecule has 0 fully saturated rings. The van der Waals surface area contributed by atoms with Crippen molar-refractivity contribution in [3.63, 3.8) is 0 Å². The average molecular weight is 179 g/mol. The van der Waals surface area contributed by atoms with Crippen molar-refractivity contribution in [3.05, 3.63) is 9.47 Å². The highest BCUT2D eigenvalue weighted by atomic mass is 35.5. The summed E-state index contributed by atoms with van der Waals surface area (Å²) in [5, 5.41) is 16.7. The largest absolute Gasteiger partial charge is 0.396 e. The van der Waals surface area contributed by atoms with E-state index in [-0.39, 0.29) is 6.61 Å². The Balaban J connectivity index is 2.42. The minimum Gasteiger partial charge on any atom is -0.396 e. The van der Waals surface area contributed by atoms with Crippen LogP contribution in [0.4, 0.5) is 0 Å². The number of aliphatic hydroxyl groups excluding tert-OH is 1. The number of hydrogen-bond acceptors (Lipinski definition) is 4. The molecular formula is C5H7ClN2OS. The Bertz CT molecular complexity index is 203. The average Bonchev–Trinajstić information content (AvgIpc) is 2.31. The molecule has 0 aliphatic rings. The first-order valence-electron chi connectivity index (χ1n) is 2.91. The van der Waals surface area contributed by atoms with Gasteiger partial charge in [0.1, 0.15) is 5.01 Å². The van der Waals surface area contributed by atoms with Crippen molar-refractivity contribution >= 4 is 22.9 Å². The van der Waals surface area contributed by atoms with Crippen molar-refractivity contribution in [1.29, 1.82) is 0 Å². The number of rotatable bonds is 3. The molecular weight excluding hydrogens is 172 g/mol. The molecule has 0 aliphatic carbocycles. The van der Waals surface area contributed by atoms with Crippen LogP contribution < -0.4 is 0 Å². The fourth-order valence-corrected chi connectivity index (χ4v) is 1.47. The highest BCUT2D eigenvalue weighted by Gasteiger charge is 1.99. The van der Waals surface area contributed by atoms with Gasteiger partial charge in [0, 0.05) is 13.0 Å². The molecule has 0 aromatic carbocycles. The third kappa shape index (κ3) is 2.21. The molecule has 0 bridgehead atoms. The molecule has 56 valence electrons. The SMILES string of the molecule is OCCCc1nnc(Cl)s1. The van der Waals surface area contributed by atoms with Crippen LogP contribution in [0.1, 0.15) is 11.4 Å². The van der Waals surface area contributed by atoms with Crippen LogP contribution in [0.3, 0.4) is 0 Å². The molecule has 0 aliphatic heterocycles. The molecule has 10 heavy (non-hydrogen) atoms. The number of aryl methyl sites for hydroxylation is 1. The van der Waals surface area contributed by atoms with Gasteiger partial charge in [0.05, 0.1) is 0 Å². The maximum Gasteiger partial charge on any atom is 0.207 e. The first-order valence-corrected chi connectivity index (χ1v) is 4.11. The van der Waals surface area contributed by atoms with Crippen molar-refractivity contribution in [2.24, 2.45) is 0 Å². The lowest BCUT2D eigenvalue weighted by Crippen LogP contribution is -1.87. The minimum atomic E-state index is 0.192. The van der Waals surface area contributed by atoms with Gasteiger partial charge in [-0.3, -0.25) is 0 Å². The summed E-state index contributed by atoms with van der Waals surface area (Å²) in [5.74, 6) is 0. The van der Waals surface area contributed by atoms with Gasteiger partial charge in [-0.2, -0.15) is 0 Å². The van der Waals surface area contributed by atoms with E-state index in [1.165, 1.54) is 11.3 Å². The van der Waals surface area contributed by atoms with E-state index in [0.717, 1.165) is 17.8 Å². The van der Waals surface area contributed by atoms with Gasteiger partial charge in [-0.05, 0) is 18.0 Å². The highest BCUT2D eigenvalue weighted by molar-refractivity contribution is 7.15. The molecule has 3 nitrogen and oxygen atoms in total. The zero-order chi connectivity index (χ0) is 7.40. The van der Waals surface area contributed by atoms with E-state index in [2.05, 4.69) is 10.2 Å². The number of halogens is 1. The Kier molecular flexibility index (Phi) is 3.05. The molecule has 0 unspecified atom stereocenters. The molecule has 0 atom stereocenters. The molecule has 0 saturated heterocycles. The summed E-state index contributed by atoms with van der Waals surface area (Å²) in [6.07, 6.45) is 1.49. The summed E-state index contributed by atoms with van der Waals surface area (Å²) < 4.78 is 0.466. The van der Waals surface area contributed by atoms with E-state index in [1.54, 1.807) is 0 Å². The standard InChI is InChI=1S/C5H7ClN2OS/c6-5-8-7-4(10-5)2-1-3-9/h9H,1-3H2. The third-order valence-corrected chi connectivity index (χ3v) is 2.07. The maximum absolute atomic E-state index is 8.46. The topological polar surface area (TPSA) is 46.0 Å². The second-order valence-corrected chi connectivity index (χ2v) is 3.42. The van der Waals surface area contributed by atoms with Crippen LogP contribution in [0.25, 0.3) is 0 Å². The van der Waals surface area contributed by atoms with Crippen molar-refractivity contribution in [3.8, 4) is 0 Å². The van der Waals surface area contributed by atoms with Gasteiger partial charge in [0.25, 0.3) is 0 Å². The molecule has 0 saturated carbocycles. The zero-order valence-corrected chi connectivity index (χ0v) is 6.82. The number of hydrogen-bond donors (Lipinski definition) is 1. The van der Waals surface area contributed by atoms with Crippen molar-refractivity contribution in [2.45, 2.75) is 12.8 Å². The first kappa shape index (κ1) is 7.91. The van der Waals surface area contributed by atoms with E-state index in [1.807, 2.05) is 0 Å². The van der Waals surface area contributed by atoms with E-state index < -0.39 is 0 Å². The Morgan fingerprint density at radius 2 is 2.30 bits per heavy atom. The lowest BCUT2D eigenvalue weighted by molar-refractivity contribution is 0.288. The van der Waals surface area contributed by atoms with Gasteiger partial charge >= 0.3 is 0 Å². The summed E-state index contributed by atoms with van der Waals surface area (Å²) in [5.41, 5.74) is 0. The fourth-order valence-electron chi connectivity index (χ4n) is 0.564. The van der Waals surface area contributed by atoms with Gasteiger partial charge in [-0.25, -0.2) is 0 Å². The molecule has 0 spiro atoms. The van der Waals surface area contributed by atoms with Crippen molar-refractivity contribution < 1.29 is 5.11 Å². The smallest absolute Gasteiger partial charge is 0.207 e. The van der Waals surface area contributed by atoms with Crippen LogP contribution in [0.5, 0.6) is 0 Å². The Morgan fingerprint density at radius 1 is 1.50 bits per heavy atom. The summed E-state index contributed by atoms with van der Waals surface area (Å²) in [4.78, 5) is 0. The Hall–Kier alpha value is -0.190. The maximum atomic E-state index is 8.46. The molecule has 0 amide bonds. The molecule has 1 rings (SSSR count). The van der Waals surface area contributed by atoms with Crippen LogP contribution in [-0.2, 0) is 6.42 Å². The van der Waals surface area contributed by atoms with E-state index in [4.69, 9.17) is 16.7 Å². The molecule has 0 radical (unpaired) electrons. The Morgan fingerprint density at radius 3 is 2.80 bits per heavy atom. The number of nitrogens with zero attached hydrogens (tertiary/aromatic N) is 2. The summed E-state index contributed by atoms with van der Waals surface area (Å²) in [7, 11) is 0. The van der Waals surface area contributed by atoms with Crippen LogP contribution in [0.2, 0.25) is 4.47 Å². The van der Waals surface area contributed by atoms with Gasteiger partial charge in [-0.1, -0.05) is 11.3 Å². The van der Waals surface area contributed by atoms with E-state index in [0.29, 0.717) is 4.47 Å². The number of aliphatic hydroxyl groups is 1. The second kappa shape index (κ2) is 3.85. The molecule has 1 aromatic heterocycles. The lowest BCUT2D eigenvalue weighted by atomic mass is 10.3. The monoisotopic (exact) mass is 178 g/mol. The highest BCUT2D eigenvalue weighted by Crippen LogP contribution is 2.15. The fraction of sp³-hybridized carbons (Fsp3) is 0.600. The summed E-state index contributed by atoms with van der Waals surface area (Å²) in [6, 6.07) is 0. The van der Waals surface area contributed by atoms with Crippen LogP contribution in [-0.4, -0.2) is 21.9 Å². The van der Waals surface area contributed by atoms with Crippen molar-refractivity contribution in [1.82, 2.24) is 10.2 Å². The van der Waals surface area contributed by atoms with Crippen LogP contribution in [0, 0.1) is 0 Å². The molecule has 1 N–H and O–H groups in total. The van der Waals surface area contributed by atoms with E-state index in [9.17, 15) is 0 Å². The summed E-state index contributed by atoms with van der Waals surface area (Å²) >= 11 is 6.88. The quantitative estimate of drug-likeness (QED) is 0.755. The van der Waals surface area contributed by atoms with Gasteiger partial charge < -0.3 is 5.11 Å². The van der Waals surface area contributed by atoms with Gasteiger partial charge in [0.2, 0.25) is 4.47 Å². The minimum absolute atomic E-state index is 0.192. The predicted octanol–water partition coefficient (Wildman–Crippen LogP) is 1.12. The van der Waals surface area contributed by atoms with Gasteiger partial charge in [-0.15, -0.1) is 10.2 Å². The van der Waals surface area contributed by atoms with Crippen LogP contribution >= 0.6 is 22.9 Å². The van der Waals surface area contributed by atoms with Gasteiger partial charge in [0.15, 0.2) is 0 Å². The van der Waals surface area contributed by atoms with E-state index >= 15 is 0 Å². The van der Waals surface area contributed by atoms with Crippen LogP contribution in [0.15, 0.2) is 0 Å². The molecule has 1 heterocycles. The second-order valence-electron chi connectivity index (χ2n) is 1.78. The molecule has 5 heteroatoms. The van der Waals surface area contributed by atoms with Crippen molar-refractivity contribution in [2.75, 3.05) is 6.61 Å². The predicted molar refractivity (Wildman–Crippen MR) is 40.3 cm³/mol. The normalized spacial score (nSPS) is 10.2. The lowest BCUT2D eigenvalue weighted by Gasteiger charge is -1.87. The first-order chi connectivity index (χ1) is 4.83. The molecule has 1 aromatic rings. The zero-order valence-electron chi connectivity index (χ0n) is 5.25. The Labute approximate surface area is 67.7 Å². The summed E-state index contributed by atoms with van der Waals surface area (Å²) in [6.45, 7) is 0.192. The third-order valence-electron chi connectivity index (χ3n) is 0.991.